The van der Waals surface area contributed by atoms with Crippen LogP contribution in [0.4, 0.5) is 17.6 Å². The fourth-order valence-electron chi connectivity index (χ4n) is 1.86. The fraction of sp³-hybridized carbons (Fsp3) is 0.133. The predicted octanol–water partition coefficient (Wildman–Crippen LogP) is 4.43. The van der Waals surface area contributed by atoms with Crippen LogP contribution in [0.1, 0.15) is 19.4 Å². The Balaban J connectivity index is 2.79. The van der Waals surface area contributed by atoms with Crippen LogP contribution in [0.5, 0.6) is 0 Å². The van der Waals surface area contributed by atoms with Crippen LogP contribution in [0.15, 0.2) is 42.3 Å². The second-order valence-corrected chi connectivity index (χ2v) is 4.27. The molecule has 0 radical (unpaired) electrons. The molecule has 2 heterocycles. The van der Waals surface area contributed by atoms with Crippen LogP contribution in [0, 0.1) is 11.8 Å². The Morgan fingerprint density at radius 3 is 2.45 bits per heavy atom. The first kappa shape index (κ1) is 15.8. The van der Waals surface area contributed by atoms with E-state index in [9.17, 15) is 17.6 Å². The molecule has 3 nitrogen and oxygen atoms in total. The molecule has 7 heteroatoms. The van der Waals surface area contributed by atoms with E-state index in [1.807, 2.05) is 0 Å². The van der Waals surface area contributed by atoms with Crippen molar-refractivity contribution in [2.45, 2.75) is 13.8 Å². The molecule has 0 aromatic carbocycles. The van der Waals surface area contributed by atoms with Gasteiger partial charge in [-0.2, -0.15) is 9.37 Å². The molecule has 22 heavy (non-hydrogen) atoms. The predicted molar refractivity (Wildman–Crippen MR) is 75.0 cm³/mol. The van der Waals surface area contributed by atoms with E-state index >= 15 is 0 Å². The van der Waals surface area contributed by atoms with Gasteiger partial charge in [-0.15, -0.1) is 0 Å². The summed E-state index contributed by atoms with van der Waals surface area (Å²) >= 11 is 0. The van der Waals surface area contributed by atoms with E-state index in [1.165, 1.54) is 24.5 Å². The molecule has 0 saturated heterocycles. The number of halogens is 4. The highest BCUT2D eigenvalue weighted by atomic mass is 19.1. The van der Waals surface area contributed by atoms with Crippen LogP contribution in [0.25, 0.3) is 16.7 Å². The molecule has 2 aromatic rings. The highest BCUT2D eigenvalue weighted by Crippen LogP contribution is 2.33. The summed E-state index contributed by atoms with van der Waals surface area (Å²) < 4.78 is 56.2. The molecule has 0 aliphatic rings. The summed E-state index contributed by atoms with van der Waals surface area (Å²) in [5, 5.41) is 0. The van der Waals surface area contributed by atoms with Crippen molar-refractivity contribution >= 4 is 16.7 Å². The van der Waals surface area contributed by atoms with Crippen molar-refractivity contribution in [1.82, 2.24) is 15.0 Å². The van der Waals surface area contributed by atoms with Gasteiger partial charge < -0.3 is 0 Å². The minimum absolute atomic E-state index is 0.282. The number of pyridine rings is 1. The van der Waals surface area contributed by atoms with E-state index in [2.05, 4.69) is 15.0 Å². The molecule has 0 fully saturated rings. The minimum atomic E-state index is -1.36. The van der Waals surface area contributed by atoms with Crippen molar-refractivity contribution in [3.63, 3.8) is 0 Å². The van der Waals surface area contributed by atoms with E-state index in [-0.39, 0.29) is 11.2 Å². The quantitative estimate of drug-likeness (QED) is 0.478. The first-order valence-corrected chi connectivity index (χ1v) is 6.28. The number of hydrogen-bond acceptors (Lipinski definition) is 3. The number of allylic oxidation sites excluding steroid dienone is 6. The molecule has 2 rings (SSSR count). The molecule has 0 atom stereocenters. The van der Waals surface area contributed by atoms with Gasteiger partial charge in [-0.1, -0.05) is 12.2 Å². The number of hydrogen-bond donors (Lipinski definition) is 0. The Kier molecular flexibility index (Phi) is 4.65. The number of fused-ring (bicyclic) bond motifs is 1. The molecule has 0 unspecified atom stereocenters. The lowest BCUT2D eigenvalue weighted by atomic mass is 10.0. The maximum absolute atomic E-state index is 14.4. The molecule has 0 saturated carbocycles. The van der Waals surface area contributed by atoms with Gasteiger partial charge in [-0.3, -0.25) is 0 Å². The zero-order chi connectivity index (χ0) is 16.3. The van der Waals surface area contributed by atoms with Gasteiger partial charge in [0.25, 0.3) is 0 Å². The highest BCUT2D eigenvalue weighted by Gasteiger charge is 2.24. The Morgan fingerprint density at radius 1 is 1.14 bits per heavy atom. The molecule has 0 bridgehead atoms. The summed E-state index contributed by atoms with van der Waals surface area (Å²) in [6.07, 6.45) is 6.05. The van der Waals surface area contributed by atoms with E-state index < -0.39 is 34.6 Å². The second-order valence-electron chi connectivity index (χ2n) is 4.27. The summed E-state index contributed by atoms with van der Waals surface area (Å²) in [6.45, 7) is 2.52. The Bertz CT molecular complexity index is 806. The summed E-state index contributed by atoms with van der Waals surface area (Å²) in [5.41, 5.74) is -2.40. The summed E-state index contributed by atoms with van der Waals surface area (Å²) in [6, 6.07) is 0. The molecule has 2 aromatic heterocycles. The maximum atomic E-state index is 14.4. The molecule has 0 spiro atoms. The molecule has 0 aliphatic carbocycles. The third-order valence-corrected chi connectivity index (χ3v) is 2.78. The van der Waals surface area contributed by atoms with Gasteiger partial charge in [0.1, 0.15) is 17.2 Å². The van der Waals surface area contributed by atoms with E-state index in [1.54, 1.807) is 6.92 Å². The lowest BCUT2D eigenvalue weighted by molar-refractivity contribution is 0.546. The number of rotatable bonds is 3. The monoisotopic (exact) mass is 309 g/mol. The largest absolute Gasteiger partial charge is 0.248 e. The van der Waals surface area contributed by atoms with Gasteiger partial charge in [-0.05, 0) is 19.9 Å². The van der Waals surface area contributed by atoms with E-state index in [0.717, 1.165) is 13.0 Å². The van der Waals surface area contributed by atoms with Crippen LogP contribution < -0.4 is 0 Å². The average molecular weight is 309 g/mol. The second kappa shape index (κ2) is 6.46. The SMILES string of the molecule is C\C=C/C=C(F)\C(=C(/C)F)c1c(F)nc2nccnc2c1F. The Hall–Kier alpha value is -2.57. The number of nitrogens with zero attached hydrogens (tertiary/aromatic N) is 3. The van der Waals surface area contributed by atoms with Gasteiger partial charge in [0.05, 0.1) is 11.1 Å². The first-order valence-electron chi connectivity index (χ1n) is 6.28. The third kappa shape index (κ3) is 2.88. The van der Waals surface area contributed by atoms with Gasteiger partial charge in [0.2, 0.25) is 5.95 Å². The molecule has 0 amide bonds. The Morgan fingerprint density at radius 2 is 1.82 bits per heavy atom. The fourth-order valence-corrected chi connectivity index (χ4v) is 1.86. The van der Waals surface area contributed by atoms with E-state index in [4.69, 9.17) is 0 Å². The highest BCUT2D eigenvalue weighted by molar-refractivity contribution is 5.84. The summed E-state index contributed by atoms with van der Waals surface area (Å²) in [7, 11) is 0. The number of aromatic nitrogens is 3. The topological polar surface area (TPSA) is 38.7 Å². The first-order chi connectivity index (χ1) is 10.5. The molecule has 0 aliphatic heterocycles. The maximum Gasteiger partial charge on any atom is 0.226 e. The van der Waals surface area contributed by atoms with Crippen molar-refractivity contribution in [1.29, 1.82) is 0 Å². The van der Waals surface area contributed by atoms with Crippen LogP contribution in [-0.4, -0.2) is 15.0 Å². The van der Waals surface area contributed by atoms with Crippen LogP contribution >= 0.6 is 0 Å². The van der Waals surface area contributed by atoms with Crippen molar-refractivity contribution in [3.8, 4) is 0 Å². The lowest BCUT2D eigenvalue weighted by Crippen LogP contribution is -2.04. The van der Waals surface area contributed by atoms with E-state index in [0.29, 0.717) is 0 Å². The van der Waals surface area contributed by atoms with Crippen molar-refractivity contribution in [2.75, 3.05) is 0 Å². The molecular formula is C15H11F4N3. The van der Waals surface area contributed by atoms with Crippen molar-refractivity contribution < 1.29 is 17.6 Å². The molecule has 114 valence electrons. The summed E-state index contributed by atoms with van der Waals surface area (Å²) in [5.74, 6) is -4.78. The van der Waals surface area contributed by atoms with Crippen LogP contribution in [-0.2, 0) is 0 Å². The smallest absolute Gasteiger partial charge is 0.226 e. The van der Waals surface area contributed by atoms with Gasteiger partial charge in [-0.25, -0.2) is 23.1 Å². The zero-order valence-electron chi connectivity index (χ0n) is 11.7. The lowest BCUT2D eigenvalue weighted by Gasteiger charge is -2.09. The van der Waals surface area contributed by atoms with Crippen molar-refractivity contribution in [2.24, 2.45) is 0 Å². The van der Waals surface area contributed by atoms with Crippen molar-refractivity contribution in [3.05, 3.63) is 59.6 Å². The van der Waals surface area contributed by atoms with Gasteiger partial charge >= 0.3 is 0 Å². The van der Waals surface area contributed by atoms with Gasteiger partial charge in [0.15, 0.2) is 11.5 Å². The third-order valence-electron chi connectivity index (χ3n) is 2.78. The van der Waals surface area contributed by atoms with Gasteiger partial charge in [0, 0.05) is 12.4 Å². The molecule has 0 N–H and O–H groups in total. The standard InChI is InChI=1S/C15H11F4N3/c1-3-4-5-9(17)10(8(2)16)11-12(18)13-15(22-14(11)19)21-7-6-20-13/h3-7H,1-2H3/b4-3-,9-5+,10-8-. The van der Waals surface area contributed by atoms with Crippen LogP contribution in [0.3, 0.4) is 0 Å². The normalized spacial score (nSPS) is 13.8. The Labute approximate surface area is 123 Å². The average Bonchev–Trinajstić information content (AvgIpc) is 2.48. The van der Waals surface area contributed by atoms with Crippen LogP contribution in [0.2, 0.25) is 0 Å². The minimum Gasteiger partial charge on any atom is -0.248 e. The zero-order valence-corrected chi connectivity index (χ0v) is 11.7. The molecular weight excluding hydrogens is 298 g/mol. The summed E-state index contributed by atoms with van der Waals surface area (Å²) in [4.78, 5) is 10.7.